The fourth-order valence-electron chi connectivity index (χ4n) is 2.93. The summed E-state index contributed by atoms with van der Waals surface area (Å²) in [4.78, 5) is 16.9. The first-order valence-electron chi connectivity index (χ1n) is 9.49. The van der Waals surface area contributed by atoms with Gasteiger partial charge in [-0.15, -0.1) is 0 Å². The van der Waals surface area contributed by atoms with E-state index in [9.17, 15) is 4.79 Å². The lowest BCUT2D eigenvalue weighted by Crippen LogP contribution is -2.11. The van der Waals surface area contributed by atoms with Gasteiger partial charge in [0.25, 0.3) is 5.22 Å². The molecule has 0 spiro atoms. The number of nitrogens with one attached hydrogen (secondary N) is 1. The van der Waals surface area contributed by atoms with Gasteiger partial charge < -0.3 is 9.73 Å². The lowest BCUT2D eigenvalue weighted by atomic mass is 10.1. The summed E-state index contributed by atoms with van der Waals surface area (Å²) < 4.78 is 6.07. The van der Waals surface area contributed by atoms with Crippen LogP contribution >= 0.6 is 23.4 Å². The fraction of sp³-hybridized carbons (Fsp3) is 0.0833. The Bertz CT molecular complexity index is 1060. The van der Waals surface area contributed by atoms with Crippen molar-refractivity contribution in [3.8, 4) is 22.6 Å². The maximum absolute atomic E-state index is 12.2. The molecule has 0 aliphatic heterocycles. The molecule has 1 N–H and O–H groups in total. The number of nitrogens with zero attached hydrogens (tertiary/aromatic N) is 1. The largest absolute Gasteiger partial charge is 0.431 e. The van der Waals surface area contributed by atoms with Crippen molar-refractivity contribution in [2.24, 2.45) is 0 Å². The quantitative estimate of drug-likeness (QED) is 0.325. The molecule has 0 atom stereocenters. The first-order chi connectivity index (χ1) is 14.7. The second kappa shape index (κ2) is 9.65. The van der Waals surface area contributed by atoms with Gasteiger partial charge in [0.2, 0.25) is 5.91 Å². The van der Waals surface area contributed by atoms with Crippen molar-refractivity contribution in [2.45, 2.75) is 11.6 Å². The molecule has 0 bridgehead atoms. The number of halogens is 1. The highest BCUT2D eigenvalue weighted by atomic mass is 35.5. The number of amides is 1. The van der Waals surface area contributed by atoms with Crippen LogP contribution in [-0.2, 0) is 4.79 Å². The SMILES string of the molecule is O=C(CCSc1nc(-c2ccccc2)c(-c2ccccc2)o1)Nc1ccc(Cl)cc1. The number of rotatable bonds is 7. The highest BCUT2D eigenvalue weighted by Gasteiger charge is 2.17. The average Bonchev–Trinajstić information content (AvgIpc) is 3.21. The summed E-state index contributed by atoms with van der Waals surface area (Å²) in [5.74, 6) is 1.22. The van der Waals surface area contributed by atoms with E-state index in [1.165, 1.54) is 11.8 Å². The summed E-state index contributed by atoms with van der Waals surface area (Å²) in [5, 5.41) is 4.04. The van der Waals surface area contributed by atoms with Crippen LogP contribution in [0.4, 0.5) is 5.69 Å². The van der Waals surface area contributed by atoms with Gasteiger partial charge in [0.05, 0.1) is 0 Å². The zero-order valence-electron chi connectivity index (χ0n) is 16.0. The Hall–Kier alpha value is -3.02. The molecule has 0 unspecified atom stereocenters. The highest BCUT2D eigenvalue weighted by molar-refractivity contribution is 7.99. The Morgan fingerprint density at radius 3 is 2.20 bits per heavy atom. The number of thioether (sulfide) groups is 1. The minimum atomic E-state index is -0.0667. The van der Waals surface area contributed by atoms with E-state index in [0.29, 0.717) is 22.4 Å². The molecule has 1 amide bonds. The fourth-order valence-corrected chi connectivity index (χ4v) is 3.81. The summed E-state index contributed by atoms with van der Waals surface area (Å²) in [5.41, 5.74) is 3.49. The molecule has 30 heavy (non-hydrogen) atoms. The second-order valence-electron chi connectivity index (χ2n) is 6.54. The molecule has 150 valence electrons. The third-order valence-corrected chi connectivity index (χ3v) is 5.46. The van der Waals surface area contributed by atoms with Gasteiger partial charge in [-0.1, -0.05) is 84.0 Å². The van der Waals surface area contributed by atoms with E-state index in [1.807, 2.05) is 60.7 Å². The van der Waals surface area contributed by atoms with Gasteiger partial charge >= 0.3 is 0 Å². The van der Waals surface area contributed by atoms with Crippen LogP contribution in [0.3, 0.4) is 0 Å². The molecule has 0 aliphatic rings. The summed E-state index contributed by atoms with van der Waals surface area (Å²) in [6, 6.07) is 26.9. The van der Waals surface area contributed by atoms with Gasteiger partial charge in [-0.05, 0) is 24.3 Å². The number of benzene rings is 3. The molecule has 0 saturated heterocycles. The van der Waals surface area contributed by atoms with Crippen LogP contribution in [0.1, 0.15) is 6.42 Å². The molecule has 3 aromatic carbocycles. The maximum Gasteiger partial charge on any atom is 0.256 e. The topological polar surface area (TPSA) is 55.1 Å². The summed E-state index contributed by atoms with van der Waals surface area (Å²) >= 11 is 7.30. The standard InChI is InChI=1S/C24H19ClN2O2S/c25-19-11-13-20(14-12-19)26-21(28)15-16-30-24-27-22(17-7-3-1-4-8-17)23(29-24)18-9-5-2-6-10-18/h1-14H,15-16H2,(H,26,28). The van der Waals surface area contributed by atoms with Crippen molar-refractivity contribution in [3.63, 3.8) is 0 Å². The molecular weight excluding hydrogens is 416 g/mol. The monoisotopic (exact) mass is 434 g/mol. The zero-order chi connectivity index (χ0) is 20.8. The lowest BCUT2D eigenvalue weighted by molar-refractivity contribution is -0.115. The molecule has 0 aliphatic carbocycles. The van der Waals surface area contributed by atoms with E-state index in [-0.39, 0.29) is 5.91 Å². The summed E-state index contributed by atoms with van der Waals surface area (Å²) in [6.45, 7) is 0. The van der Waals surface area contributed by atoms with Crippen LogP contribution in [0.5, 0.6) is 0 Å². The van der Waals surface area contributed by atoms with Crippen LogP contribution in [0.2, 0.25) is 5.02 Å². The van der Waals surface area contributed by atoms with Crippen molar-refractivity contribution in [2.75, 3.05) is 11.1 Å². The molecule has 0 radical (unpaired) electrons. The molecule has 4 aromatic rings. The molecule has 4 nitrogen and oxygen atoms in total. The van der Waals surface area contributed by atoms with Crippen molar-refractivity contribution >= 4 is 35.0 Å². The van der Waals surface area contributed by atoms with E-state index in [4.69, 9.17) is 21.0 Å². The van der Waals surface area contributed by atoms with Crippen LogP contribution in [-0.4, -0.2) is 16.6 Å². The number of carbonyl (C=O) groups is 1. The number of anilines is 1. The van der Waals surface area contributed by atoms with Crippen molar-refractivity contribution in [1.29, 1.82) is 0 Å². The maximum atomic E-state index is 12.2. The third-order valence-electron chi connectivity index (χ3n) is 4.37. The van der Waals surface area contributed by atoms with E-state index < -0.39 is 0 Å². The Morgan fingerprint density at radius 1 is 0.900 bits per heavy atom. The molecule has 6 heteroatoms. The zero-order valence-corrected chi connectivity index (χ0v) is 17.6. The van der Waals surface area contributed by atoms with E-state index in [0.717, 1.165) is 28.3 Å². The minimum Gasteiger partial charge on any atom is -0.431 e. The molecule has 1 aromatic heterocycles. The molecule has 0 fully saturated rings. The number of hydrogen-bond acceptors (Lipinski definition) is 4. The lowest BCUT2D eigenvalue weighted by Gasteiger charge is -2.04. The van der Waals surface area contributed by atoms with Crippen molar-refractivity contribution in [3.05, 3.63) is 90.0 Å². The van der Waals surface area contributed by atoms with Crippen LogP contribution < -0.4 is 5.32 Å². The smallest absolute Gasteiger partial charge is 0.256 e. The Balaban J connectivity index is 1.45. The van der Waals surface area contributed by atoms with Crippen LogP contribution in [0.25, 0.3) is 22.6 Å². The Kier molecular flexibility index (Phi) is 6.52. The molecule has 1 heterocycles. The van der Waals surface area contributed by atoms with Gasteiger partial charge in [-0.2, -0.15) is 0 Å². The first kappa shape index (κ1) is 20.3. The molecular formula is C24H19ClN2O2S. The van der Waals surface area contributed by atoms with Gasteiger partial charge in [-0.25, -0.2) is 4.98 Å². The summed E-state index contributed by atoms with van der Waals surface area (Å²) in [6.07, 6.45) is 0.344. The highest BCUT2D eigenvalue weighted by Crippen LogP contribution is 2.35. The number of hydrogen-bond donors (Lipinski definition) is 1. The van der Waals surface area contributed by atoms with Gasteiger partial charge in [-0.3, -0.25) is 4.79 Å². The van der Waals surface area contributed by atoms with E-state index >= 15 is 0 Å². The second-order valence-corrected chi connectivity index (χ2v) is 8.03. The van der Waals surface area contributed by atoms with Crippen molar-refractivity contribution in [1.82, 2.24) is 4.98 Å². The number of oxazole rings is 1. The average molecular weight is 435 g/mol. The summed E-state index contributed by atoms with van der Waals surface area (Å²) in [7, 11) is 0. The van der Waals surface area contributed by atoms with E-state index in [1.54, 1.807) is 24.3 Å². The van der Waals surface area contributed by atoms with Crippen LogP contribution in [0, 0.1) is 0 Å². The first-order valence-corrected chi connectivity index (χ1v) is 10.9. The molecule has 4 rings (SSSR count). The number of aromatic nitrogens is 1. The Morgan fingerprint density at radius 2 is 1.53 bits per heavy atom. The minimum absolute atomic E-state index is 0.0667. The third kappa shape index (κ3) is 5.12. The van der Waals surface area contributed by atoms with Gasteiger partial charge in [0.15, 0.2) is 5.76 Å². The molecule has 0 saturated carbocycles. The normalized spacial score (nSPS) is 10.7. The van der Waals surface area contributed by atoms with Gasteiger partial charge in [0, 0.05) is 34.0 Å². The van der Waals surface area contributed by atoms with E-state index in [2.05, 4.69) is 5.32 Å². The van der Waals surface area contributed by atoms with Crippen LogP contribution in [0.15, 0.2) is 94.6 Å². The Labute approximate surface area is 184 Å². The predicted octanol–water partition coefficient (Wildman–Crippen LogP) is 6.78. The predicted molar refractivity (Wildman–Crippen MR) is 123 cm³/mol. The van der Waals surface area contributed by atoms with Crippen molar-refractivity contribution < 1.29 is 9.21 Å². The number of carbonyl (C=O) groups excluding carboxylic acids is 1. The van der Waals surface area contributed by atoms with Gasteiger partial charge in [0.1, 0.15) is 5.69 Å².